The molecule has 0 saturated carbocycles. The topological polar surface area (TPSA) is 46.5 Å². The molecule has 0 heterocycles. The van der Waals surface area contributed by atoms with E-state index in [9.17, 15) is 4.79 Å². The molecule has 0 aliphatic rings. The van der Waals surface area contributed by atoms with Crippen LogP contribution in [0.25, 0.3) is 0 Å². The summed E-state index contributed by atoms with van der Waals surface area (Å²) in [5, 5.41) is 9.11. The Morgan fingerprint density at radius 2 is 1.86 bits per heavy atom. The number of carboxylic acid groups (broad SMARTS) is 1. The minimum Gasteiger partial charge on any atom is -0.489 e. The van der Waals surface area contributed by atoms with Gasteiger partial charge in [-0.15, -0.1) is 0 Å². The first-order valence-corrected chi connectivity index (χ1v) is 7.09. The van der Waals surface area contributed by atoms with E-state index >= 15 is 0 Å². The molecule has 0 aromatic heterocycles. The van der Waals surface area contributed by atoms with Gasteiger partial charge in [0.2, 0.25) is 0 Å². The van der Waals surface area contributed by atoms with E-state index in [0.717, 1.165) is 17.5 Å². The minimum absolute atomic E-state index is 0.255. The number of rotatable bonds is 6. The van der Waals surface area contributed by atoms with Gasteiger partial charge >= 0.3 is 5.97 Å². The highest BCUT2D eigenvalue weighted by Gasteiger charge is 2.11. The molecule has 110 valence electrons. The van der Waals surface area contributed by atoms with E-state index in [2.05, 4.69) is 13.8 Å². The van der Waals surface area contributed by atoms with Crippen LogP contribution in [0.4, 0.5) is 0 Å². The normalized spacial score (nSPS) is 10.6. The molecule has 0 amide bonds. The summed E-state index contributed by atoms with van der Waals surface area (Å²) in [6.07, 6.45) is 0.865. The first-order valence-electron chi connectivity index (χ1n) is 7.09. The number of ether oxygens (including phenoxy) is 1. The SMILES string of the molecule is CC(C)Cc1ccc(C(=O)O)cc1OCc1ccccc1. The molecular weight excluding hydrogens is 264 g/mol. The van der Waals surface area contributed by atoms with Gasteiger partial charge in [0.1, 0.15) is 12.4 Å². The van der Waals surface area contributed by atoms with Gasteiger partial charge in [-0.25, -0.2) is 4.79 Å². The lowest BCUT2D eigenvalue weighted by molar-refractivity contribution is 0.0696. The molecule has 2 aromatic rings. The second kappa shape index (κ2) is 6.93. The van der Waals surface area contributed by atoms with E-state index < -0.39 is 5.97 Å². The lowest BCUT2D eigenvalue weighted by Crippen LogP contribution is -2.04. The lowest BCUT2D eigenvalue weighted by atomic mass is 10.0. The smallest absolute Gasteiger partial charge is 0.335 e. The molecule has 3 nitrogen and oxygen atoms in total. The Kier molecular flexibility index (Phi) is 4.99. The van der Waals surface area contributed by atoms with Crippen molar-refractivity contribution >= 4 is 5.97 Å². The van der Waals surface area contributed by atoms with Crippen molar-refractivity contribution in [1.29, 1.82) is 0 Å². The number of hydrogen-bond acceptors (Lipinski definition) is 2. The maximum Gasteiger partial charge on any atom is 0.335 e. The third-order valence-corrected chi connectivity index (χ3v) is 3.18. The van der Waals surface area contributed by atoms with Gasteiger partial charge in [0.15, 0.2) is 0 Å². The van der Waals surface area contributed by atoms with Crippen LogP contribution in [0.5, 0.6) is 5.75 Å². The van der Waals surface area contributed by atoms with Crippen molar-refractivity contribution in [2.75, 3.05) is 0 Å². The van der Waals surface area contributed by atoms with Gasteiger partial charge in [-0.3, -0.25) is 0 Å². The molecule has 0 bridgehead atoms. The number of hydrogen-bond donors (Lipinski definition) is 1. The van der Waals surface area contributed by atoms with Crippen LogP contribution < -0.4 is 4.74 Å². The van der Waals surface area contributed by atoms with Gasteiger partial charge in [-0.2, -0.15) is 0 Å². The average molecular weight is 284 g/mol. The van der Waals surface area contributed by atoms with E-state index in [1.54, 1.807) is 12.1 Å². The van der Waals surface area contributed by atoms with Crippen molar-refractivity contribution in [3.05, 3.63) is 65.2 Å². The molecule has 2 rings (SSSR count). The Balaban J connectivity index is 2.21. The van der Waals surface area contributed by atoms with Crippen LogP contribution in [-0.4, -0.2) is 11.1 Å². The summed E-state index contributed by atoms with van der Waals surface area (Å²) < 4.78 is 5.85. The first-order chi connectivity index (χ1) is 10.1. The van der Waals surface area contributed by atoms with Crippen LogP contribution in [0, 0.1) is 5.92 Å². The van der Waals surface area contributed by atoms with E-state index in [1.165, 1.54) is 0 Å². The van der Waals surface area contributed by atoms with E-state index in [-0.39, 0.29) is 5.56 Å². The zero-order chi connectivity index (χ0) is 15.2. The quantitative estimate of drug-likeness (QED) is 0.866. The van der Waals surface area contributed by atoms with Crippen molar-refractivity contribution in [1.82, 2.24) is 0 Å². The number of aromatic carboxylic acids is 1. The van der Waals surface area contributed by atoms with E-state index in [1.807, 2.05) is 36.4 Å². The minimum atomic E-state index is -0.935. The van der Waals surface area contributed by atoms with Gasteiger partial charge in [0.05, 0.1) is 5.56 Å². The van der Waals surface area contributed by atoms with Crippen molar-refractivity contribution in [3.8, 4) is 5.75 Å². The molecule has 3 heteroatoms. The second-order valence-corrected chi connectivity index (χ2v) is 5.50. The fourth-order valence-corrected chi connectivity index (χ4v) is 2.17. The summed E-state index contributed by atoms with van der Waals surface area (Å²) >= 11 is 0. The molecule has 0 atom stereocenters. The molecule has 0 spiro atoms. The van der Waals surface area contributed by atoms with Crippen molar-refractivity contribution in [2.24, 2.45) is 5.92 Å². The molecule has 0 aliphatic heterocycles. The standard InChI is InChI=1S/C18H20O3/c1-13(2)10-15-8-9-16(18(19)20)11-17(15)21-12-14-6-4-3-5-7-14/h3-9,11,13H,10,12H2,1-2H3,(H,19,20). The van der Waals surface area contributed by atoms with Crippen molar-refractivity contribution < 1.29 is 14.6 Å². The number of carboxylic acids is 1. The lowest BCUT2D eigenvalue weighted by Gasteiger charge is -2.14. The number of benzene rings is 2. The highest BCUT2D eigenvalue weighted by Crippen LogP contribution is 2.24. The van der Waals surface area contributed by atoms with Gasteiger partial charge < -0.3 is 9.84 Å². The Labute approximate surface area is 125 Å². The van der Waals surface area contributed by atoms with Gasteiger partial charge in [-0.1, -0.05) is 50.2 Å². The molecule has 0 radical (unpaired) electrons. The van der Waals surface area contributed by atoms with Crippen LogP contribution in [0.2, 0.25) is 0 Å². The fourth-order valence-electron chi connectivity index (χ4n) is 2.17. The van der Waals surface area contributed by atoms with Crippen LogP contribution >= 0.6 is 0 Å². The zero-order valence-corrected chi connectivity index (χ0v) is 12.4. The van der Waals surface area contributed by atoms with Crippen LogP contribution in [-0.2, 0) is 13.0 Å². The summed E-state index contributed by atoms with van der Waals surface area (Å²) in [4.78, 5) is 11.1. The van der Waals surface area contributed by atoms with Crippen LogP contribution in [0.3, 0.4) is 0 Å². The summed E-state index contributed by atoms with van der Waals surface area (Å²) in [5.74, 6) is 0.211. The summed E-state index contributed by atoms with van der Waals surface area (Å²) in [6.45, 7) is 4.70. The summed E-state index contributed by atoms with van der Waals surface area (Å²) in [6, 6.07) is 15.0. The van der Waals surface area contributed by atoms with Crippen LogP contribution in [0.1, 0.15) is 35.3 Å². The zero-order valence-electron chi connectivity index (χ0n) is 12.4. The first kappa shape index (κ1) is 15.1. The second-order valence-electron chi connectivity index (χ2n) is 5.50. The van der Waals surface area contributed by atoms with E-state index in [0.29, 0.717) is 18.3 Å². The third-order valence-electron chi connectivity index (χ3n) is 3.18. The largest absolute Gasteiger partial charge is 0.489 e. The maximum atomic E-state index is 11.1. The molecule has 2 aromatic carbocycles. The Morgan fingerprint density at radius 1 is 1.14 bits per heavy atom. The van der Waals surface area contributed by atoms with Crippen molar-refractivity contribution in [2.45, 2.75) is 26.9 Å². The Morgan fingerprint density at radius 3 is 2.48 bits per heavy atom. The monoisotopic (exact) mass is 284 g/mol. The Hall–Kier alpha value is -2.29. The van der Waals surface area contributed by atoms with Gasteiger partial charge in [-0.05, 0) is 35.6 Å². The van der Waals surface area contributed by atoms with Gasteiger partial charge in [0, 0.05) is 0 Å². The number of carbonyl (C=O) groups is 1. The van der Waals surface area contributed by atoms with E-state index in [4.69, 9.17) is 9.84 Å². The molecule has 1 N–H and O–H groups in total. The average Bonchev–Trinajstić information content (AvgIpc) is 2.46. The molecule has 0 unspecified atom stereocenters. The molecule has 21 heavy (non-hydrogen) atoms. The highest BCUT2D eigenvalue weighted by molar-refractivity contribution is 5.88. The predicted octanol–water partition coefficient (Wildman–Crippen LogP) is 4.16. The summed E-state index contributed by atoms with van der Waals surface area (Å²) in [5.41, 5.74) is 2.37. The third kappa shape index (κ3) is 4.35. The fraction of sp³-hybridized carbons (Fsp3) is 0.278. The molecule has 0 aliphatic carbocycles. The van der Waals surface area contributed by atoms with Crippen LogP contribution in [0.15, 0.2) is 48.5 Å². The van der Waals surface area contributed by atoms with Crippen molar-refractivity contribution in [3.63, 3.8) is 0 Å². The highest BCUT2D eigenvalue weighted by atomic mass is 16.5. The van der Waals surface area contributed by atoms with Gasteiger partial charge in [0.25, 0.3) is 0 Å². The predicted molar refractivity (Wildman–Crippen MR) is 82.7 cm³/mol. The molecule has 0 fully saturated rings. The maximum absolute atomic E-state index is 11.1. The molecule has 0 saturated heterocycles. The Bertz CT molecular complexity index is 603. The summed E-state index contributed by atoms with van der Waals surface area (Å²) in [7, 11) is 0. The molecular formula is C18H20O3.